The van der Waals surface area contributed by atoms with Crippen molar-refractivity contribution < 1.29 is 4.79 Å². The predicted octanol–water partition coefficient (Wildman–Crippen LogP) is 3.64. The number of nitrogens with zero attached hydrogens (tertiary/aromatic N) is 1. The standard InChI is InChI=1S/C12H10ClIN2OS/c1-7-6-18-11(16-7)5-15-12(17)9-4-8(13)2-3-10(9)14/h2-4,6H,5H2,1H3,(H,15,17). The first-order valence-electron chi connectivity index (χ1n) is 5.20. The van der Waals surface area contributed by atoms with Crippen LogP contribution in [0.2, 0.25) is 5.02 Å². The molecule has 0 aliphatic heterocycles. The lowest BCUT2D eigenvalue weighted by Gasteiger charge is -2.05. The van der Waals surface area contributed by atoms with E-state index in [1.165, 1.54) is 0 Å². The van der Waals surface area contributed by atoms with Crippen LogP contribution in [0.25, 0.3) is 0 Å². The molecule has 0 aliphatic carbocycles. The van der Waals surface area contributed by atoms with Gasteiger partial charge >= 0.3 is 0 Å². The molecule has 1 aromatic heterocycles. The first-order valence-corrected chi connectivity index (χ1v) is 7.54. The van der Waals surface area contributed by atoms with Gasteiger partial charge in [0.15, 0.2) is 0 Å². The minimum Gasteiger partial charge on any atom is -0.345 e. The Labute approximate surface area is 128 Å². The van der Waals surface area contributed by atoms with E-state index in [4.69, 9.17) is 11.6 Å². The van der Waals surface area contributed by atoms with Crippen LogP contribution >= 0.6 is 45.5 Å². The van der Waals surface area contributed by atoms with E-state index in [0.29, 0.717) is 17.1 Å². The second-order valence-electron chi connectivity index (χ2n) is 3.69. The van der Waals surface area contributed by atoms with E-state index in [1.807, 2.05) is 18.4 Å². The topological polar surface area (TPSA) is 42.0 Å². The fraction of sp³-hybridized carbons (Fsp3) is 0.167. The molecule has 2 rings (SSSR count). The molecule has 6 heteroatoms. The average Bonchev–Trinajstić information content (AvgIpc) is 2.75. The molecule has 0 saturated heterocycles. The van der Waals surface area contributed by atoms with Gasteiger partial charge in [0.1, 0.15) is 5.01 Å². The number of thiazole rings is 1. The molecule has 94 valence electrons. The Bertz CT molecular complexity index is 585. The van der Waals surface area contributed by atoms with E-state index in [1.54, 1.807) is 23.5 Å². The second-order valence-corrected chi connectivity index (χ2v) is 6.23. The van der Waals surface area contributed by atoms with Crippen molar-refractivity contribution in [2.75, 3.05) is 0 Å². The molecule has 0 saturated carbocycles. The van der Waals surface area contributed by atoms with Gasteiger partial charge in [0.2, 0.25) is 0 Å². The molecular formula is C12H10ClIN2OS. The Kier molecular flexibility index (Phi) is 4.58. The molecule has 0 spiro atoms. The smallest absolute Gasteiger partial charge is 0.252 e. The maximum atomic E-state index is 12.0. The van der Waals surface area contributed by atoms with Gasteiger partial charge in [-0.3, -0.25) is 4.79 Å². The summed E-state index contributed by atoms with van der Waals surface area (Å²) in [6.45, 7) is 2.38. The van der Waals surface area contributed by atoms with Gasteiger partial charge in [-0.15, -0.1) is 11.3 Å². The largest absolute Gasteiger partial charge is 0.345 e. The van der Waals surface area contributed by atoms with Gasteiger partial charge in [0.05, 0.1) is 12.1 Å². The highest BCUT2D eigenvalue weighted by atomic mass is 127. The Morgan fingerprint density at radius 3 is 3.00 bits per heavy atom. The van der Waals surface area contributed by atoms with Gasteiger partial charge in [-0.05, 0) is 47.7 Å². The zero-order valence-corrected chi connectivity index (χ0v) is 13.3. The summed E-state index contributed by atoms with van der Waals surface area (Å²) in [4.78, 5) is 16.3. The van der Waals surface area contributed by atoms with Crippen LogP contribution in [0.4, 0.5) is 0 Å². The summed E-state index contributed by atoms with van der Waals surface area (Å²) in [6, 6.07) is 5.27. The molecule has 0 aliphatic rings. The number of nitrogens with one attached hydrogen (secondary N) is 1. The molecule has 0 fully saturated rings. The number of amides is 1. The number of carbonyl (C=O) groups excluding carboxylic acids is 1. The Hall–Kier alpha value is -0.660. The molecular weight excluding hydrogens is 383 g/mol. The van der Waals surface area contributed by atoms with Crippen LogP contribution in [-0.4, -0.2) is 10.9 Å². The van der Waals surface area contributed by atoms with E-state index in [0.717, 1.165) is 14.3 Å². The van der Waals surface area contributed by atoms with Crippen molar-refractivity contribution in [3.8, 4) is 0 Å². The molecule has 0 bridgehead atoms. The normalized spacial score (nSPS) is 10.4. The highest BCUT2D eigenvalue weighted by Gasteiger charge is 2.10. The van der Waals surface area contributed by atoms with Crippen LogP contribution in [0.5, 0.6) is 0 Å². The lowest BCUT2D eigenvalue weighted by molar-refractivity contribution is 0.0950. The molecule has 0 unspecified atom stereocenters. The van der Waals surface area contributed by atoms with Crippen molar-refractivity contribution in [3.05, 3.63) is 48.4 Å². The number of hydrogen-bond acceptors (Lipinski definition) is 3. The molecule has 18 heavy (non-hydrogen) atoms. The van der Waals surface area contributed by atoms with E-state index in [2.05, 4.69) is 32.9 Å². The summed E-state index contributed by atoms with van der Waals surface area (Å²) in [6.07, 6.45) is 0. The molecule has 0 atom stereocenters. The Morgan fingerprint density at radius 1 is 1.56 bits per heavy atom. The summed E-state index contributed by atoms with van der Waals surface area (Å²) in [5.74, 6) is -0.130. The van der Waals surface area contributed by atoms with Crippen molar-refractivity contribution in [2.45, 2.75) is 13.5 Å². The van der Waals surface area contributed by atoms with Crippen LogP contribution < -0.4 is 5.32 Å². The third-order valence-electron chi connectivity index (χ3n) is 2.24. The van der Waals surface area contributed by atoms with Crippen LogP contribution in [0, 0.1) is 10.5 Å². The van der Waals surface area contributed by atoms with Gasteiger partial charge in [0, 0.05) is 19.7 Å². The molecule has 1 heterocycles. The number of carbonyl (C=O) groups is 1. The van der Waals surface area contributed by atoms with Gasteiger partial charge < -0.3 is 5.32 Å². The monoisotopic (exact) mass is 392 g/mol. The molecule has 1 amide bonds. The molecule has 1 aromatic carbocycles. The van der Waals surface area contributed by atoms with E-state index in [9.17, 15) is 4.79 Å². The van der Waals surface area contributed by atoms with Crippen LogP contribution in [0.15, 0.2) is 23.6 Å². The zero-order chi connectivity index (χ0) is 13.1. The molecule has 3 nitrogen and oxygen atoms in total. The summed E-state index contributed by atoms with van der Waals surface area (Å²) in [5.41, 5.74) is 1.57. The third-order valence-corrected chi connectivity index (χ3v) is 4.38. The van der Waals surface area contributed by atoms with Crippen molar-refractivity contribution in [3.63, 3.8) is 0 Å². The Morgan fingerprint density at radius 2 is 2.33 bits per heavy atom. The lowest BCUT2D eigenvalue weighted by Crippen LogP contribution is -2.23. The van der Waals surface area contributed by atoms with Crippen molar-refractivity contribution in [1.82, 2.24) is 10.3 Å². The van der Waals surface area contributed by atoms with Crippen molar-refractivity contribution in [1.29, 1.82) is 0 Å². The van der Waals surface area contributed by atoms with E-state index in [-0.39, 0.29) is 5.91 Å². The minimum absolute atomic E-state index is 0.130. The summed E-state index contributed by atoms with van der Waals surface area (Å²) in [5, 5.41) is 6.27. The summed E-state index contributed by atoms with van der Waals surface area (Å²) >= 11 is 9.55. The van der Waals surface area contributed by atoms with Crippen LogP contribution in [0.1, 0.15) is 21.1 Å². The van der Waals surface area contributed by atoms with Gasteiger partial charge in [-0.2, -0.15) is 0 Å². The van der Waals surface area contributed by atoms with Crippen LogP contribution in [-0.2, 0) is 6.54 Å². The van der Waals surface area contributed by atoms with Crippen molar-refractivity contribution in [2.24, 2.45) is 0 Å². The minimum atomic E-state index is -0.130. The first kappa shape index (κ1) is 13.8. The predicted molar refractivity (Wildman–Crippen MR) is 82.2 cm³/mol. The number of benzene rings is 1. The summed E-state index contributed by atoms with van der Waals surface area (Å²) in [7, 11) is 0. The van der Waals surface area contributed by atoms with Gasteiger partial charge in [-0.1, -0.05) is 11.6 Å². The second kappa shape index (κ2) is 5.99. The SMILES string of the molecule is Cc1csc(CNC(=O)c2cc(Cl)ccc2I)n1. The molecule has 0 radical (unpaired) electrons. The third kappa shape index (κ3) is 3.43. The maximum absolute atomic E-state index is 12.0. The number of aromatic nitrogens is 1. The zero-order valence-electron chi connectivity index (χ0n) is 9.54. The van der Waals surface area contributed by atoms with E-state index >= 15 is 0 Å². The van der Waals surface area contributed by atoms with Gasteiger partial charge in [0.25, 0.3) is 5.91 Å². The highest BCUT2D eigenvalue weighted by molar-refractivity contribution is 14.1. The Balaban J connectivity index is 2.05. The quantitative estimate of drug-likeness (QED) is 0.810. The first-order chi connectivity index (χ1) is 8.56. The number of halogens is 2. The van der Waals surface area contributed by atoms with Crippen molar-refractivity contribution >= 4 is 51.4 Å². The highest BCUT2D eigenvalue weighted by Crippen LogP contribution is 2.18. The maximum Gasteiger partial charge on any atom is 0.252 e. The number of rotatable bonds is 3. The van der Waals surface area contributed by atoms with E-state index < -0.39 is 0 Å². The van der Waals surface area contributed by atoms with Gasteiger partial charge in [-0.25, -0.2) is 4.98 Å². The number of hydrogen-bond donors (Lipinski definition) is 1. The molecule has 1 N–H and O–H groups in total. The fourth-order valence-electron chi connectivity index (χ4n) is 1.41. The number of aryl methyl sites for hydroxylation is 1. The lowest BCUT2D eigenvalue weighted by atomic mass is 10.2. The molecule has 2 aromatic rings. The van der Waals surface area contributed by atoms with Crippen LogP contribution in [0.3, 0.4) is 0 Å². The fourth-order valence-corrected chi connectivity index (χ4v) is 2.87. The summed E-state index contributed by atoms with van der Waals surface area (Å²) < 4.78 is 0.879. The average molecular weight is 393 g/mol.